The largest absolute Gasteiger partial charge is 0.416 e. The monoisotopic (exact) mass is 261 g/mol. The normalized spacial score (nSPS) is 12.3. The second-order valence-electron chi connectivity index (χ2n) is 3.35. The van der Waals surface area contributed by atoms with E-state index in [1.54, 1.807) is 0 Å². The molecule has 0 aliphatic rings. The maximum atomic E-state index is 12.4. The zero-order valence-corrected chi connectivity index (χ0v) is 9.03. The van der Waals surface area contributed by atoms with Crippen molar-refractivity contribution < 1.29 is 23.2 Å². The van der Waals surface area contributed by atoms with E-state index in [0.717, 1.165) is 18.2 Å². The zero-order chi connectivity index (χ0) is 13.8. The van der Waals surface area contributed by atoms with Crippen molar-refractivity contribution in [2.24, 2.45) is 10.9 Å². The van der Waals surface area contributed by atoms with Crippen molar-refractivity contribution in [1.29, 1.82) is 0 Å². The summed E-state index contributed by atoms with van der Waals surface area (Å²) in [5, 5.41) is 13.0. The van der Waals surface area contributed by atoms with Gasteiger partial charge in [-0.3, -0.25) is 4.79 Å². The Labute approximate surface area is 100 Å². The molecule has 5 nitrogen and oxygen atoms in total. The summed E-state index contributed by atoms with van der Waals surface area (Å²) >= 11 is 0. The number of nitrogens with one attached hydrogen (secondary N) is 1. The van der Waals surface area contributed by atoms with E-state index in [0.29, 0.717) is 0 Å². The molecule has 0 saturated heterocycles. The summed E-state index contributed by atoms with van der Waals surface area (Å²) in [6, 6.07) is 3.94. The van der Waals surface area contributed by atoms with E-state index < -0.39 is 17.6 Å². The molecule has 0 saturated carbocycles. The van der Waals surface area contributed by atoms with Crippen molar-refractivity contribution in [3.05, 3.63) is 35.4 Å². The van der Waals surface area contributed by atoms with E-state index in [9.17, 15) is 18.0 Å². The first-order valence-corrected chi connectivity index (χ1v) is 4.76. The number of benzene rings is 1. The first kappa shape index (κ1) is 13.8. The predicted molar refractivity (Wildman–Crippen MR) is 57.2 cm³/mol. The highest BCUT2D eigenvalue weighted by atomic mass is 19.4. The van der Waals surface area contributed by atoms with Crippen LogP contribution in [0.25, 0.3) is 0 Å². The molecule has 1 aromatic rings. The van der Waals surface area contributed by atoms with Crippen molar-refractivity contribution in [2.45, 2.75) is 6.18 Å². The fourth-order valence-corrected chi connectivity index (χ4v) is 1.15. The number of amides is 1. The average Bonchev–Trinajstić information content (AvgIpc) is 2.34. The first-order chi connectivity index (χ1) is 8.34. The molecule has 0 bridgehead atoms. The number of nitrogens with zero attached hydrogens (tertiary/aromatic N) is 1. The van der Waals surface area contributed by atoms with Gasteiger partial charge in [0.2, 0.25) is 0 Å². The minimum atomic E-state index is -4.51. The number of amidine groups is 1. The van der Waals surface area contributed by atoms with Crippen LogP contribution in [-0.2, 0) is 6.18 Å². The number of nitrogens with two attached hydrogens (primary N) is 1. The van der Waals surface area contributed by atoms with Crippen LogP contribution in [0, 0.1) is 0 Å². The van der Waals surface area contributed by atoms with Crippen LogP contribution >= 0.6 is 0 Å². The van der Waals surface area contributed by atoms with Gasteiger partial charge in [-0.1, -0.05) is 11.2 Å². The molecular weight excluding hydrogens is 251 g/mol. The average molecular weight is 261 g/mol. The van der Waals surface area contributed by atoms with E-state index in [-0.39, 0.29) is 17.9 Å². The topological polar surface area (TPSA) is 87.7 Å². The number of hydrogen-bond donors (Lipinski definition) is 3. The molecular formula is C10H10F3N3O2. The van der Waals surface area contributed by atoms with Crippen LogP contribution < -0.4 is 11.1 Å². The summed E-state index contributed by atoms with van der Waals surface area (Å²) in [6.45, 7) is -0.258. The lowest BCUT2D eigenvalue weighted by Gasteiger charge is -2.08. The van der Waals surface area contributed by atoms with Gasteiger partial charge < -0.3 is 16.3 Å². The summed E-state index contributed by atoms with van der Waals surface area (Å²) in [7, 11) is 0. The van der Waals surface area contributed by atoms with Gasteiger partial charge in [0.1, 0.15) is 0 Å². The zero-order valence-electron chi connectivity index (χ0n) is 9.03. The van der Waals surface area contributed by atoms with Crippen molar-refractivity contribution in [1.82, 2.24) is 5.32 Å². The van der Waals surface area contributed by atoms with E-state index in [1.165, 1.54) is 6.07 Å². The number of rotatable bonds is 3. The lowest BCUT2D eigenvalue weighted by molar-refractivity contribution is -0.137. The molecule has 1 amide bonds. The fourth-order valence-electron chi connectivity index (χ4n) is 1.15. The standard InChI is InChI=1S/C10H10F3N3O2/c11-10(12,13)7-3-1-2-6(4-7)9(17)15-5-8(14)16-18/h1-4,18H,5H2,(H2,14,16)(H,15,17). The SMILES string of the molecule is N/C(CNC(=O)c1cccc(C(F)(F)F)c1)=N\O. The Bertz CT molecular complexity index is 472. The third kappa shape index (κ3) is 3.65. The van der Waals surface area contributed by atoms with Gasteiger partial charge in [-0.15, -0.1) is 0 Å². The van der Waals surface area contributed by atoms with Gasteiger partial charge in [0.25, 0.3) is 5.91 Å². The van der Waals surface area contributed by atoms with Gasteiger partial charge in [0.15, 0.2) is 5.84 Å². The maximum absolute atomic E-state index is 12.4. The lowest BCUT2D eigenvalue weighted by atomic mass is 10.1. The maximum Gasteiger partial charge on any atom is 0.416 e. The van der Waals surface area contributed by atoms with Gasteiger partial charge in [-0.2, -0.15) is 13.2 Å². The highest BCUT2D eigenvalue weighted by Crippen LogP contribution is 2.29. The Morgan fingerprint density at radius 3 is 2.67 bits per heavy atom. The second kappa shape index (κ2) is 5.39. The van der Waals surface area contributed by atoms with Crippen LogP contribution in [0.2, 0.25) is 0 Å². The number of hydrogen-bond acceptors (Lipinski definition) is 3. The van der Waals surface area contributed by atoms with Crippen molar-refractivity contribution in [3.63, 3.8) is 0 Å². The third-order valence-corrected chi connectivity index (χ3v) is 2.01. The fraction of sp³-hybridized carbons (Fsp3) is 0.200. The van der Waals surface area contributed by atoms with Crippen LogP contribution in [0.3, 0.4) is 0 Å². The van der Waals surface area contributed by atoms with Gasteiger partial charge >= 0.3 is 6.18 Å². The third-order valence-electron chi connectivity index (χ3n) is 2.01. The number of alkyl halides is 3. The van der Waals surface area contributed by atoms with Gasteiger partial charge in [-0.25, -0.2) is 0 Å². The van der Waals surface area contributed by atoms with Crippen molar-refractivity contribution in [2.75, 3.05) is 6.54 Å². The quantitative estimate of drug-likeness (QED) is 0.330. The van der Waals surface area contributed by atoms with Crippen LogP contribution in [0.15, 0.2) is 29.4 Å². The summed E-state index contributed by atoms with van der Waals surface area (Å²) in [5.41, 5.74) is 4.03. The Kier molecular flexibility index (Phi) is 4.13. The predicted octanol–water partition coefficient (Wildman–Crippen LogP) is 1.18. The van der Waals surface area contributed by atoms with Gasteiger partial charge in [-0.05, 0) is 18.2 Å². The molecule has 1 aromatic carbocycles. The van der Waals surface area contributed by atoms with E-state index in [4.69, 9.17) is 10.9 Å². The first-order valence-electron chi connectivity index (χ1n) is 4.76. The smallest absolute Gasteiger partial charge is 0.409 e. The highest BCUT2D eigenvalue weighted by molar-refractivity contribution is 5.97. The molecule has 0 fully saturated rings. The molecule has 4 N–H and O–H groups in total. The lowest BCUT2D eigenvalue weighted by Crippen LogP contribution is -2.33. The molecule has 0 aliphatic heterocycles. The van der Waals surface area contributed by atoms with Crippen LogP contribution in [0.1, 0.15) is 15.9 Å². The molecule has 1 rings (SSSR count). The summed E-state index contributed by atoms with van der Waals surface area (Å²) in [6.07, 6.45) is -4.51. The number of oxime groups is 1. The summed E-state index contributed by atoms with van der Waals surface area (Å²) in [4.78, 5) is 11.5. The summed E-state index contributed by atoms with van der Waals surface area (Å²) in [5.74, 6) is -0.997. The second-order valence-corrected chi connectivity index (χ2v) is 3.35. The van der Waals surface area contributed by atoms with Crippen LogP contribution in [-0.4, -0.2) is 23.5 Å². The highest BCUT2D eigenvalue weighted by Gasteiger charge is 2.30. The Morgan fingerprint density at radius 2 is 2.11 bits per heavy atom. The molecule has 0 aliphatic carbocycles. The Morgan fingerprint density at radius 1 is 1.44 bits per heavy atom. The molecule has 0 radical (unpaired) electrons. The number of halogens is 3. The molecule has 18 heavy (non-hydrogen) atoms. The molecule has 0 aromatic heterocycles. The molecule has 0 atom stereocenters. The molecule has 8 heteroatoms. The molecule has 0 unspecified atom stereocenters. The van der Waals surface area contributed by atoms with Crippen molar-refractivity contribution >= 4 is 11.7 Å². The van der Waals surface area contributed by atoms with E-state index in [1.807, 2.05) is 0 Å². The van der Waals surface area contributed by atoms with E-state index in [2.05, 4.69) is 10.5 Å². The van der Waals surface area contributed by atoms with Crippen LogP contribution in [0.4, 0.5) is 13.2 Å². The van der Waals surface area contributed by atoms with Gasteiger partial charge in [0, 0.05) is 5.56 Å². The molecule has 0 spiro atoms. The molecule has 98 valence electrons. The Hall–Kier alpha value is -2.25. The minimum Gasteiger partial charge on any atom is -0.409 e. The summed E-state index contributed by atoms with van der Waals surface area (Å²) < 4.78 is 37.2. The number of carbonyl (C=O) groups is 1. The van der Waals surface area contributed by atoms with Crippen molar-refractivity contribution in [3.8, 4) is 0 Å². The number of carbonyl (C=O) groups excluding carboxylic acids is 1. The van der Waals surface area contributed by atoms with E-state index >= 15 is 0 Å². The minimum absolute atomic E-state index is 0.157. The molecule has 0 heterocycles. The van der Waals surface area contributed by atoms with Gasteiger partial charge in [0.05, 0.1) is 12.1 Å². The van der Waals surface area contributed by atoms with Crippen LogP contribution in [0.5, 0.6) is 0 Å². The Balaban J connectivity index is 2.81.